The number of carbonyl (C=O) groups excluding carboxylic acids is 1. The van der Waals surface area contributed by atoms with Crippen LogP contribution in [-0.4, -0.2) is 19.2 Å². The molecular formula is C16H20N2O3. The first kappa shape index (κ1) is 15.1. The first-order chi connectivity index (χ1) is 10.2. The van der Waals surface area contributed by atoms with Gasteiger partial charge in [0, 0.05) is 18.8 Å². The van der Waals surface area contributed by atoms with Crippen molar-refractivity contribution >= 4 is 11.7 Å². The van der Waals surface area contributed by atoms with Crippen molar-refractivity contribution in [3.63, 3.8) is 0 Å². The molecule has 0 saturated heterocycles. The fourth-order valence-corrected chi connectivity index (χ4v) is 1.76. The molecule has 5 heteroatoms. The maximum atomic E-state index is 11.6. The van der Waals surface area contributed by atoms with Gasteiger partial charge in [0.2, 0.25) is 0 Å². The summed E-state index contributed by atoms with van der Waals surface area (Å²) in [5, 5.41) is 5.56. The number of nitrogens with one attached hydrogen (secondary N) is 2. The van der Waals surface area contributed by atoms with Gasteiger partial charge in [-0.15, -0.1) is 0 Å². The van der Waals surface area contributed by atoms with Crippen molar-refractivity contribution in [2.24, 2.45) is 0 Å². The summed E-state index contributed by atoms with van der Waals surface area (Å²) < 4.78 is 10.6. The molecule has 2 N–H and O–H groups in total. The molecule has 0 fully saturated rings. The van der Waals surface area contributed by atoms with E-state index in [1.807, 2.05) is 43.3 Å². The zero-order chi connectivity index (χ0) is 14.9. The second kappa shape index (κ2) is 8.11. The minimum absolute atomic E-state index is 0.204. The summed E-state index contributed by atoms with van der Waals surface area (Å²) in [4.78, 5) is 11.6. The number of carbonyl (C=O) groups is 1. The van der Waals surface area contributed by atoms with E-state index in [9.17, 15) is 4.79 Å². The fourth-order valence-electron chi connectivity index (χ4n) is 1.76. The van der Waals surface area contributed by atoms with E-state index in [1.165, 1.54) is 0 Å². The van der Waals surface area contributed by atoms with Gasteiger partial charge in [-0.25, -0.2) is 4.79 Å². The molecule has 2 amide bonds. The molecule has 21 heavy (non-hydrogen) atoms. The molecular weight excluding hydrogens is 268 g/mol. The van der Waals surface area contributed by atoms with Gasteiger partial charge in [0.25, 0.3) is 0 Å². The van der Waals surface area contributed by atoms with Crippen molar-refractivity contribution in [1.29, 1.82) is 0 Å². The highest BCUT2D eigenvalue weighted by Crippen LogP contribution is 2.08. The summed E-state index contributed by atoms with van der Waals surface area (Å²) >= 11 is 0. The number of aryl methyl sites for hydroxylation is 1. The third-order valence-corrected chi connectivity index (χ3v) is 2.88. The van der Waals surface area contributed by atoms with Crippen LogP contribution in [0, 0.1) is 6.92 Å². The number of hydrogen-bond donors (Lipinski definition) is 2. The molecule has 0 bridgehead atoms. The third-order valence-electron chi connectivity index (χ3n) is 2.88. The maximum absolute atomic E-state index is 11.6. The summed E-state index contributed by atoms with van der Waals surface area (Å²) in [5.74, 6) is 0.806. The molecule has 2 aromatic rings. The van der Waals surface area contributed by atoms with Crippen molar-refractivity contribution in [2.75, 3.05) is 18.5 Å². The Bertz CT molecular complexity index is 535. The normalized spacial score (nSPS) is 10.3. The lowest BCUT2D eigenvalue weighted by Gasteiger charge is -2.08. The van der Waals surface area contributed by atoms with E-state index >= 15 is 0 Å². The number of ether oxygens (including phenoxy) is 1. The van der Waals surface area contributed by atoms with Crippen LogP contribution in [0.1, 0.15) is 17.7 Å². The van der Waals surface area contributed by atoms with Gasteiger partial charge in [0.15, 0.2) is 0 Å². The molecule has 0 aliphatic carbocycles. The van der Waals surface area contributed by atoms with Gasteiger partial charge in [0.05, 0.1) is 6.26 Å². The van der Waals surface area contributed by atoms with Crippen molar-refractivity contribution in [3.05, 3.63) is 54.0 Å². The van der Waals surface area contributed by atoms with Gasteiger partial charge in [-0.05, 0) is 37.6 Å². The van der Waals surface area contributed by atoms with E-state index in [-0.39, 0.29) is 6.03 Å². The van der Waals surface area contributed by atoms with Crippen LogP contribution in [-0.2, 0) is 11.3 Å². The van der Waals surface area contributed by atoms with Gasteiger partial charge in [-0.3, -0.25) is 0 Å². The van der Waals surface area contributed by atoms with Gasteiger partial charge in [-0.2, -0.15) is 0 Å². The van der Waals surface area contributed by atoms with Crippen LogP contribution >= 0.6 is 0 Å². The smallest absolute Gasteiger partial charge is 0.319 e. The van der Waals surface area contributed by atoms with Gasteiger partial charge < -0.3 is 19.8 Å². The first-order valence-electron chi connectivity index (χ1n) is 6.96. The predicted octanol–water partition coefficient (Wildman–Crippen LogP) is 3.32. The van der Waals surface area contributed by atoms with E-state index < -0.39 is 0 Å². The van der Waals surface area contributed by atoms with E-state index in [0.717, 1.165) is 23.4 Å². The zero-order valence-electron chi connectivity index (χ0n) is 12.1. The highest BCUT2D eigenvalue weighted by Gasteiger charge is 2.01. The lowest BCUT2D eigenvalue weighted by molar-refractivity contribution is 0.104. The Morgan fingerprint density at radius 3 is 2.76 bits per heavy atom. The standard InChI is InChI=1S/C16H20N2O3/c1-13-5-7-14(8-6-13)18-16(19)17-9-3-10-20-12-15-4-2-11-21-15/h2,4-8,11H,3,9-10,12H2,1H3,(H2,17,18,19). The molecule has 5 nitrogen and oxygen atoms in total. The van der Waals surface area contributed by atoms with Crippen molar-refractivity contribution in [1.82, 2.24) is 5.32 Å². The van der Waals surface area contributed by atoms with Crippen LogP contribution in [0.25, 0.3) is 0 Å². The van der Waals surface area contributed by atoms with Crippen molar-refractivity contribution in [2.45, 2.75) is 20.0 Å². The van der Waals surface area contributed by atoms with Gasteiger partial charge >= 0.3 is 6.03 Å². The van der Waals surface area contributed by atoms with Crippen LogP contribution < -0.4 is 10.6 Å². The number of hydrogen-bond acceptors (Lipinski definition) is 3. The molecule has 112 valence electrons. The monoisotopic (exact) mass is 288 g/mol. The lowest BCUT2D eigenvalue weighted by atomic mass is 10.2. The van der Waals surface area contributed by atoms with Crippen molar-refractivity contribution < 1.29 is 13.9 Å². The Morgan fingerprint density at radius 2 is 2.05 bits per heavy atom. The zero-order valence-corrected chi connectivity index (χ0v) is 12.1. The average Bonchev–Trinajstić information content (AvgIpc) is 2.98. The maximum Gasteiger partial charge on any atom is 0.319 e. The first-order valence-corrected chi connectivity index (χ1v) is 6.96. The quantitative estimate of drug-likeness (QED) is 0.768. The Labute approximate surface area is 124 Å². The van der Waals surface area contributed by atoms with Gasteiger partial charge in [-0.1, -0.05) is 17.7 Å². The Kier molecular flexibility index (Phi) is 5.84. The van der Waals surface area contributed by atoms with Crippen LogP contribution in [0.4, 0.5) is 10.5 Å². The third kappa shape index (κ3) is 5.71. The SMILES string of the molecule is Cc1ccc(NC(=O)NCCCOCc2ccco2)cc1. The van der Waals surface area contributed by atoms with E-state index in [4.69, 9.17) is 9.15 Å². The number of rotatable bonds is 7. The molecule has 2 rings (SSSR count). The number of amides is 2. The molecule has 0 radical (unpaired) electrons. The van der Waals surface area contributed by atoms with Gasteiger partial charge in [0.1, 0.15) is 12.4 Å². The largest absolute Gasteiger partial charge is 0.467 e. The second-order valence-electron chi connectivity index (χ2n) is 4.73. The van der Waals surface area contributed by atoms with E-state index in [2.05, 4.69) is 10.6 Å². The fraction of sp³-hybridized carbons (Fsp3) is 0.312. The molecule has 1 aromatic carbocycles. The Balaban J connectivity index is 1.54. The summed E-state index contributed by atoms with van der Waals surface area (Å²) in [6.07, 6.45) is 2.37. The summed E-state index contributed by atoms with van der Waals surface area (Å²) in [6.45, 7) is 3.61. The minimum Gasteiger partial charge on any atom is -0.467 e. The average molecular weight is 288 g/mol. The number of benzene rings is 1. The predicted molar refractivity (Wildman–Crippen MR) is 81.2 cm³/mol. The Morgan fingerprint density at radius 1 is 1.24 bits per heavy atom. The van der Waals surface area contributed by atoms with E-state index in [1.54, 1.807) is 6.26 Å². The minimum atomic E-state index is -0.204. The van der Waals surface area contributed by atoms with Crippen LogP contribution in [0.2, 0.25) is 0 Å². The number of urea groups is 1. The highest BCUT2D eigenvalue weighted by molar-refractivity contribution is 5.89. The van der Waals surface area contributed by atoms with E-state index in [0.29, 0.717) is 19.8 Å². The molecule has 0 aliphatic heterocycles. The summed E-state index contributed by atoms with van der Waals surface area (Å²) in [7, 11) is 0. The number of furan rings is 1. The van der Waals surface area contributed by atoms with Crippen molar-refractivity contribution in [3.8, 4) is 0 Å². The van der Waals surface area contributed by atoms with Crippen LogP contribution in [0.5, 0.6) is 0 Å². The molecule has 0 atom stereocenters. The summed E-state index contributed by atoms with van der Waals surface area (Å²) in [5.41, 5.74) is 1.95. The molecule has 0 unspecified atom stereocenters. The molecule has 1 aromatic heterocycles. The highest BCUT2D eigenvalue weighted by atomic mass is 16.5. The van der Waals surface area contributed by atoms with Crippen LogP contribution in [0.15, 0.2) is 47.1 Å². The molecule has 0 saturated carbocycles. The van der Waals surface area contributed by atoms with Crippen LogP contribution in [0.3, 0.4) is 0 Å². The lowest BCUT2D eigenvalue weighted by Crippen LogP contribution is -2.30. The molecule has 1 heterocycles. The molecule has 0 spiro atoms. The second-order valence-corrected chi connectivity index (χ2v) is 4.73. The summed E-state index contributed by atoms with van der Waals surface area (Å²) in [6, 6.07) is 11.2. The molecule has 0 aliphatic rings. The topological polar surface area (TPSA) is 63.5 Å². The number of anilines is 1. The Hall–Kier alpha value is -2.27.